The minimum Gasteiger partial charge on any atom is -0.493 e. The molecule has 1 rings (SSSR count). The monoisotopic (exact) mass is 225 g/mol. The third-order valence-corrected chi connectivity index (χ3v) is 3.03. The number of unbranched alkanes of at least 4 members (excludes halogenated alkanes) is 1. The molecule has 0 heterocycles. The average molecular weight is 225 g/mol. The van der Waals surface area contributed by atoms with Crippen molar-refractivity contribution in [2.75, 3.05) is 23.8 Å². The molecule has 1 aromatic rings. The lowest BCUT2D eigenvalue weighted by molar-refractivity contribution is 0.344. The van der Waals surface area contributed by atoms with Crippen LogP contribution >= 0.6 is 11.8 Å². The molecule has 0 fully saturated rings. The second-order valence-electron chi connectivity index (χ2n) is 3.39. The number of ether oxygens (including phenoxy) is 1. The van der Waals surface area contributed by atoms with E-state index in [2.05, 4.69) is 6.92 Å². The fourth-order valence-electron chi connectivity index (χ4n) is 1.17. The SMILES string of the molecule is CCCCSCCOc1cccc(N)c1. The maximum Gasteiger partial charge on any atom is 0.121 e. The van der Waals surface area contributed by atoms with Crippen molar-refractivity contribution < 1.29 is 4.74 Å². The predicted octanol–water partition coefficient (Wildman–Crippen LogP) is 3.18. The molecule has 0 aliphatic carbocycles. The Morgan fingerprint density at radius 1 is 1.33 bits per heavy atom. The number of hydrogen-bond acceptors (Lipinski definition) is 3. The molecule has 0 aliphatic heterocycles. The minimum absolute atomic E-state index is 0.756. The third-order valence-electron chi connectivity index (χ3n) is 2.00. The lowest BCUT2D eigenvalue weighted by Crippen LogP contribution is -2.01. The summed E-state index contributed by atoms with van der Waals surface area (Å²) in [4.78, 5) is 0. The standard InChI is InChI=1S/C12H19NOS/c1-2-3-8-15-9-7-14-12-6-4-5-11(13)10-12/h4-6,10H,2-3,7-9,13H2,1H3. The van der Waals surface area contributed by atoms with Crippen LogP contribution in [0, 0.1) is 0 Å². The molecule has 0 aliphatic rings. The first-order valence-corrected chi connectivity index (χ1v) is 6.54. The van der Waals surface area contributed by atoms with Gasteiger partial charge >= 0.3 is 0 Å². The van der Waals surface area contributed by atoms with E-state index in [1.807, 2.05) is 36.0 Å². The van der Waals surface area contributed by atoms with E-state index >= 15 is 0 Å². The van der Waals surface area contributed by atoms with Gasteiger partial charge in [-0.2, -0.15) is 11.8 Å². The van der Waals surface area contributed by atoms with Gasteiger partial charge in [0.2, 0.25) is 0 Å². The number of nitrogen functional groups attached to an aromatic ring is 1. The van der Waals surface area contributed by atoms with Gasteiger partial charge in [-0.1, -0.05) is 19.4 Å². The van der Waals surface area contributed by atoms with Gasteiger partial charge in [0.05, 0.1) is 6.61 Å². The van der Waals surface area contributed by atoms with Crippen molar-refractivity contribution >= 4 is 17.4 Å². The van der Waals surface area contributed by atoms with E-state index in [1.165, 1.54) is 18.6 Å². The quantitative estimate of drug-likeness (QED) is 0.572. The van der Waals surface area contributed by atoms with Crippen LogP contribution in [0.2, 0.25) is 0 Å². The van der Waals surface area contributed by atoms with Gasteiger partial charge in [0.25, 0.3) is 0 Å². The van der Waals surface area contributed by atoms with Crippen LogP contribution in [0.15, 0.2) is 24.3 Å². The van der Waals surface area contributed by atoms with Crippen LogP contribution in [0.25, 0.3) is 0 Å². The summed E-state index contributed by atoms with van der Waals surface area (Å²) in [6, 6.07) is 7.57. The van der Waals surface area contributed by atoms with Crippen molar-refractivity contribution in [1.29, 1.82) is 0 Å². The number of benzene rings is 1. The molecular weight excluding hydrogens is 206 g/mol. The van der Waals surface area contributed by atoms with Gasteiger partial charge in [0.1, 0.15) is 5.75 Å². The van der Waals surface area contributed by atoms with Gasteiger partial charge < -0.3 is 10.5 Å². The zero-order chi connectivity index (χ0) is 10.9. The van der Waals surface area contributed by atoms with Crippen LogP contribution in [0.4, 0.5) is 5.69 Å². The Bertz CT molecular complexity index is 278. The van der Waals surface area contributed by atoms with Gasteiger partial charge in [0, 0.05) is 17.5 Å². The van der Waals surface area contributed by atoms with Crippen LogP contribution < -0.4 is 10.5 Å². The van der Waals surface area contributed by atoms with E-state index in [0.717, 1.165) is 23.8 Å². The molecule has 0 saturated carbocycles. The lowest BCUT2D eigenvalue weighted by atomic mass is 10.3. The molecule has 2 N–H and O–H groups in total. The van der Waals surface area contributed by atoms with Crippen molar-refractivity contribution in [2.45, 2.75) is 19.8 Å². The van der Waals surface area contributed by atoms with Gasteiger partial charge in [-0.15, -0.1) is 0 Å². The van der Waals surface area contributed by atoms with Crippen molar-refractivity contribution in [3.05, 3.63) is 24.3 Å². The number of anilines is 1. The molecule has 3 heteroatoms. The molecule has 2 nitrogen and oxygen atoms in total. The molecule has 0 spiro atoms. The summed E-state index contributed by atoms with van der Waals surface area (Å²) in [5.74, 6) is 3.15. The summed E-state index contributed by atoms with van der Waals surface area (Å²) < 4.78 is 5.57. The molecule has 0 atom stereocenters. The van der Waals surface area contributed by atoms with Crippen LogP contribution in [0.3, 0.4) is 0 Å². The first kappa shape index (κ1) is 12.2. The first-order valence-electron chi connectivity index (χ1n) is 5.39. The second kappa shape index (κ2) is 7.46. The molecule has 1 aromatic carbocycles. The zero-order valence-electron chi connectivity index (χ0n) is 9.24. The van der Waals surface area contributed by atoms with E-state index in [9.17, 15) is 0 Å². The molecule has 0 unspecified atom stereocenters. The van der Waals surface area contributed by atoms with Crippen molar-refractivity contribution in [1.82, 2.24) is 0 Å². The summed E-state index contributed by atoms with van der Waals surface area (Å²) in [5.41, 5.74) is 6.40. The van der Waals surface area contributed by atoms with Gasteiger partial charge in [0.15, 0.2) is 0 Å². The summed E-state index contributed by atoms with van der Waals surface area (Å²) in [7, 11) is 0. The summed E-state index contributed by atoms with van der Waals surface area (Å²) >= 11 is 1.95. The molecule has 15 heavy (non-hydrogen) atoms. The number of nitrogens with two attached hydrogens (primary N) is 1. The molecule has 0 radical (unpaired) electrons. The second-order valence-corrected chi connectivity index (χ2v) is 4.61. The first-order chi connectivity index (χ1) is 7.33. The highest BCUT2D eigenvalue weighted by Crippen LogP contribution is 2.14. The third kappa shape index (κ3) is 5.57. The normalized spacial score (nSPS) is 10.2. The molecule has 84 valence electrons. The van der Waals surface area contributed by atoms with Crippen molar-refractivity contribution in [3.63, 3.8) is 0 Å². The Hall–Kier alpha value is -0.830. The Labute approximate surface area is 96.2 Å². The molecule has 0 bridgehead atoms. The highest BCUT2D eigenvalue weighted by Gasteiger charge is 1.94. The smallest absolute Gasteiger partial charge is 0.121 e. The van der Waals surface area contributed by atoms with Crippen molar-refractivity contribution in [2.24, 2.45) is 0 Å². The predicted molar refractivity (Wildman–Crippen MR) is 68.6 cm³/mol. The Morgan fingerprint density at radius 2 is 2.20 bits per heavy atom. The van der Waals surface area contributed by atoms with Gasteiger partial charge in [-0.05, 0) is 24.3 Å². The van der Waals surface area contributed by atoms with E-state index in [4.69, 9.17) is 10.5 Å². The Morgan fingerprint density at radius 3 is 2.93 bits per heavy atom. The van der Waals surface area contributed by atoms with Gasteiger partial charge in [-0.25, -0.2) is 0 Å². The van der Waals surface area contributed by atoms with Crippen LogP contribution in [-0.4, -0.2) is 18.1 Å². The maximum atomic E-state index is 5.64. The van der Waals surface area contributed by atoms with E-state index < -0.39 is 0 Å². The van der Waals surface area contributed by atoms with Crippen LogP contribution in [0.1, 0.15) is 19.8 Å². The van der Waals surface area contributed by atoms with E-state index in [0.29, 0.717) is 0 Å². The Balaban J connectivity index is 2.10. The van der Waals surface area contributed by atoms with Gasteiger partial charge in [-0.3, -0.25) is 0 Å². The van der Waals surface area contributed by atoms with E-state index in [-0.39, 0.29) is 0 Å². The highest BCUT2D eigenvalue weighted by molar-refractivity contribution is 7.99. The molecule has 0 aromatic heterocycles. The van der Waals surface area contributed by atoms with Crippen LogP contribution in [-0.2, 0) is 0 Å². The largest absolute Gasteiger partial charge is 0.493 e. The lowest BCUT2D eigenvalue weighted by Gasteiger charge is -2.06. The summed E-state index contributed by atoms with van der Waals surface area (Å²) in [6.07, 6.45) is 2.56. The fraction of sp³-hybridized carbons (Fsp3) is 0.500. The van der Waals surface area contributed by atoms with Crippen LogP contribution in [0.5, 0.6) is 5.75 Å². The van der Waals surface area contributed by atoms with E-state index in [1.54, 1.807) is 0 Å². The highest BCUT2D eigenvalue weighted by atomic mass is 32.2. The average Bonchev–Trinajstić information content (AvgIpc) is 2.23. The molecule has 0 saturated heterocycles. The zero-order valence-corrected chi connectivity index (χ0v) is 10.1. The fourth-order valence-corrected chi connectivity index (χ4v) is 2.07. The number of thioether (sulfide) groups is 1. The topological polar surface area (TPSA) is 35.2 Å². The molecule has 0 amide bonds. The van der Waals surface area contributed by atoms with Crippen molar-refractivity contribution in [3.8, 4) is 5.75 Å². The number of hydrogen-bond donors (Lipinski definition) is 1. The maximum absolute atomic E-state index is 5.64. The Kier molecular flexibility index (Phi) is 6.09. The minimum atomic E-state index is 0.756. The molecular formula is C12H19NOS. The summed E-state index contributed by atoms with van der Waals surface area (Å²) in [6.45, 7) is 2.97. The summed E-state index contributed by atoms with van der Waals surface area (Å²) in [5, 5.41) is 0. The number of rotatable bonds is 7.